The van der Waals surface area contributed by atoms with Gasteiger partial charge in [-0.2, -0.15) is 0 Å². The molecule has 23 heavy (non-hydrogen) atoms. The fourth-order valence-electron chi connectivity index (χ4n) is 2.05. The molecule has 2 heterocycles. The number of hydrogen-bond acceptors (Lipinski definition) is 4. The van der Waals surface area contributed by atoms with Crippen molar-refractivity contribution in [3.63, 3.8) is 0 Å². The van der Waals surface area contributed by atoms with E-state index in [1.54, 1.807) is 34.9 Å². The molecule has 0 unspecified atom stereocenters. The standard InChI is InChI=1S/C15H10Cl2N4O2/c1-8-5-6-11-18-13(15(22)23)14(21(11)7-8)20-19-10-4-2-3-9(16)12(10)17/h2-7H,1H3,(H,22,23). The number of hydrogen-bond donors (Lipinski definition) is 1. The Bertz CT molecular complexity index is 950. The first-order valence-corrected chi connectivity index (χ1v) is 7.30. The molecule has 3 aromatic rings. The number of aromatic carboxylic acids is 1. The van der Waals surface area contributed by atoms with Crippen LogP contribution >= 0.6 is 23.2 Å². The van der Waals surface area contributed by atoms with E-state index in [0.29, 0.717) is 16.4 Å². The van der Waals surface area contributed by atoms with Gasteiger partial charge in [-0.05, 0) is 30.7 Å². The van der Waals surface area contributed by atoms with Crippen molar-refractivity contribution in [1.82, 2.24) is 9.38 Å². The molecule has 0 saturated heterocycles. The third kappa shape index (κ3) is 2.91. The number of aryl methyl sites for hydroxylation is 1. The van der Waals surface area contributed by atoms with E-state index in [2.05, 4.69) is 15.2 Å². The van der Waals surface area contributed by atoms with Crippen LogP contribution in [0.5, 0.6) is 0 Å². The Balaban J connectivity index is 2.16. The summed E-state index contributed by atoms with van der Waals surface area (Å²) in [7, 11) is 0. The van der Waals surface area contributed by atoms with Gasteiger partial charge in [0.2, 0.25) is 0 Å². The van der Waals surface area contributed by atoms with Crippen LogP contribution in [0.3, 0.4) is 0 Å². The zero-order valence-electron chi connectivity index (χ0n) is 11.9. The lowest BCUT2D eigenvalue weighted by Gasteiger charge is -2.00. The van der Waals surface area contributed by atoms with Gasteiger partial charge in [-0.3, -0.25) is 4.40 Å². The molecule has 1 N–H and O–H groups in total. The van der Waals surface area contributed by atoms with Crippen molar-refractivity contribution in [3.05, 3.63) is 57.8 Å². The summed E-state index contributed by atoms with van der Waals surface area (Å²) in [4.78, 5) is 15.4. The monoisotopic (exact) mass is 348 g/mol. The van der Waals surface area contributed by atoms with Gasteiger partial charge in [0.15, 0.2) is 11.5 Å². The van der Waals surface area contributed by atoms with Gasteiger partial charge in [-0.1, -0.05) is 35.3 Å². The fourth-order valence-corrected chi connectivity index (χ4v) is 2.38. The molecule has 3 rings (SSSR count). The maximum absolute atomic E-state index is 11.4. The van der Waals surface area contributed by atoms with Crippen LogP contribution in [0.4, 0.5) is 11.5 Å². The predicted molar refractivity (Wildman–Crippen MR) is 87.5 cm³/mol. The first-order valence-electron chi connectivity index (χ1n) is 6.55. The summed E-state index contributed by atoms with van der Waals surface area (Å²) < 4.78 is 1.57. The van der Waals surface area contributed by atoms with Gasteiger partial charge in [-0.25, -0.2) is 9.78 Å². The number of fused-ring (bicyclic) bond motifs is 1. The molecule has 1 aromatic carbocycles. The van der Waals surface area contributed by atoms with Crippen molar-refractivity contribution < 1.29 is 9.90 Å². The topological polar surface area (TPSA) is 79.3 Å². The highest BCUT2D eigenvalue weighted by atomic mass is 35.5. The summed E-state index contributed by atoms with van der Waals surface area (Å²) in [6.45, 7) is 1.88. The smallest absolute Gasteiger partial charge is 0.358 e. The average molecular weight is 349 g/mol. The molecule has 0 fully saturated rings. The Labute approximate surface area is 141 Å². The van der Waals surface area contributed by atoms with E-state index in [1.165, 1.54) is 0 Å². The van der Waals surface area contributed by atoms with E-state index < -0.39 is 5.97 Å². The summed E-state index contributed by atoms with van der Waals surface area (Å²) in [6, 6.07) is 8.49. The van der Waals surface area contributed by atoms with Crippen molar-refractivity contribution in [3.8, 4) is 0 Å². The number of benzene rings is 1. The van der Waals surface area contributed by atoms with Crippen LogP contribution < -0.4 is 0 Å². The summed E-state index contributed by atoms with van der Waals surface area (Å²) in [5, 5.41) is 17.9. The molecule has 0 bridgehead atoms. The van der Waals surface area contributed by atoms with E-state index in [0.717, 1.165) is 5.56 Å². The minimum Gasteiger partial charge on any atom is -0.476 e. The highest BCUT2D eigenvalue weighted by molar-refractivity contribution is 6.43. The number of pyridine rings is 1. The molecule has 0 radical (unpaired) electrons. The Morgan fingerprint density at radius 3 is 2.74 bits per heavy atom. The number of carbonyl (C=O) groups is 1. The van der Waals surface area contributed by atoms with Gasteiger partial charge in [0.25, 0.3) is 0 Å². The maximum atomic E-state index is 11.4. The van der Waals surface area contributed by atoms with Crippen LogP contribution in [0, 0.1) is 6.92 Å². The average Bonchev–Trinajstić information content (AvgIpc) is 2.87. The lowest BCUT2D eigenvalue weighted by Crippen LogP contribution is -1.96. The minimum absolute atomic E-state index is 0.118. The predicted octanol–water partition coefficient (Wildman–Crippen LogP) is 5.06. The number of aromatic nitrogens is 2. The number of nitrogens with zero attached hydrogens (tertiary/aromatic N) is 4. The van der Waals surface area contributed by atoms with E-state index >= 15 is 0 Å². The Kier molecular flexibility index (Phi) is 4.02. The number of carboxylic acids is 1. The Morgan fingerprint density at radius 1 is 1.22 bits per heavy atom. The second-order valence-electron chi connectivity index (χ2n) is 4.80. The van der Waals surface area contributed by atoms with Gasteiger partial charge < -0.3 is 5.11 Å². The molecule has 2 aromatic heterocycles. The summed E-state index contributed by atoms with van der Waals surface area (Å²) in [5.74, 6) is -1.07. The molecule has 0 aliphatic rings. The molecule has 0 amide bonds. The Hall–Kier alpha value is -2.44. The number of imidazole rings is 1. The van der Waals surface area contributed by atoms with Crippen molar-refractivity contribution in [2.45, 2.75) is 6.92 Å². The van der Waals surface area contributed by atoms with Crippen LogP contribution in [0.1, 0.15) is 16.1 Å². The maximum Gasteiger partial charge on any atom is 0.358 e. The van der Waals surface area contributed by atoms with Crippen molar-refractivity contribution >= 4 is 46.3 Å². The number of azo groups is 1. The van der Waals surface area contributed by atoms with Crippen molar-refractivity contribution in [2.24, 2.45) is 10.2 Å². The van der Waals surface area contributed by atoms with Crippen LogP contribution in [-0.4, -0.2) is 20.5 Å². The van der Waals surface area contributed by atoms with Gasteiger partial charge in [0, 0.05) is 6.20 Å². The zero-order valence-corrected chi connectivity index (χ0v) is 13.4. The van der Waals surface area contributed by atoms with E-state index in [-0.39, 0.29) is 16.5 Å². The molecule has 0 spiro atoms. The molecule has 6 nitrogen and oxygen atoms in total. The lowest BCUT2D eigenvalue weighted by molar-refractivity contribution is 0.0692. The van der Waals surface area contributed by atoms with Gasteiger partial charge >= 0.3 is 5.97 Å². The van der Waals surface area contributed by atoms with Gasteiger partial charge in [0.05, 0.1) is 10.0 Å². The molecule has 0 aliphatic heterocycles. The first-order chi connectivity index (χ1) is 11.0. The largest absolute Gasteiger partial charge is 0.476 e. The van der Waals surface area contributed by atoms with Crippen LogP contribution in [0.15, 0.2) is 46.8 Å². The normalized spacial score (nSPS) is 11.4. The molecular weight excluding hydrogens is 339 g/mol. The summed E-state index contributed by atoms with van der Waals surface area (Å²) >= 11 is 12.0. The molecule has 0 aliphatic carbocycles. The highest BCUT2D eigenvalue weighted by Crippen LogP contribution is 2.33. The first kappa shape index (κ1) is 15.5. The number of rotatable bonds is 3. The highest BCUT2D eigenvalue weighted by Gasteiger charge is 2.18. The van der Waals surface area contributed by atoms with Crippen molar-refractivity contribution in [1.29, 1.82) is 0 Å². The molecular formula is C15H10Cl2N4O2. The van der Waals surface area contributed by atoms with Gasteiger partial charge in [0.1, 0.15) is 11.3 Å². The van der Waals surface area contributed by atoms with Crippen LogP contribution in [0.25, 0.3) is 5.65 Å². The molecule has 8 heteroatoms. The Morgan fingerprint density at radius 2 is 2.00 bits per heavy atom. The second-order valence-corrected chi connectivity index (χ2v) is 5.58. The van der Waals surface area contributed by atoms with E-state index in [1.807, 2.05) is 13.0 Å². The minimum atomic E-state index is -1.18. The van der Waals surface area contributed by atoms with E-state index in [9.17, 15) is 9.90 Å². The SMILES string of the molecule is Cc1ccc2nc(C(=O)O)c(N=Nc3cccc(Cl)c3Cl)n2c1. The third-order valence-corrected chi connectivity index (χ3v) is 3.94. The van der Waals surface area contributed by atoms with E-state index in [4.69, 9.17) is 23.2 Å². The second kappa shape index (κ2) is 5.98. The summed E-state index contributed by atoms with van der Waals surface area (Å²) in [6.07, 6.45) is 1.74. The molecule has 0 saturated carbocycles. The summed E-state index contributed by atoms with van der Waals surface area (Å²) in [5.41, 5.74) is 1.57. The van der Waals surface area contributed by atoms with Crippen molar-refractivity contribution in [2.75, 3.05) is 0 Å². The molecule has 0 atom stereocenters. The number of halogens is 2. The lowest BCUT2D eigenvalue weighted by atomic mass is 10.3. The number of carboxylic acid groups (broad SMARTS) is 1. The zero-order chi connectivity index (χ0) is 16.6. The molecule has 116 valence electrons. The quantitative estimate of drug-likeness (QED) is 0.671. The van der Waals surface area contributed by atoms with Crippen LogP contribution in [0.2, 0.25) is 10.0 Å². The fraction of sp³-hybridized carbons (Fsp3) is 0.0667. The van der Waals surface area contributed by atoms with Gasteiger partial charge in [-0.15, -0.1) is 10.2 Å². The van der Waals surface area contributed by atoms with Crippen LogP contribution in [-0.2, 0) is 0 Å². The third-order valence-electron chi connectivity index (χ3n) is 3.13.